The molecule has 2 aliphatic rings. The molecule has 2 fully saturated rings. The number of esters is 1. The molecule has 0 N–H and O–H groups in total. The van der Waals surface area contributed by atoms with Crippen LogP contribution in [0.3, 0.4) is 0 Å². The minimum Gasteiger partial charge on any atom is -0.459 e. The number of ether oxygens (including phenoxy) is 1. The first-order valence-corrected chi connectivity index (χ1v) is 6.82. The van der Waals surface area contributed by atoms with Crippen LogP contribution >= 0.6 is 0 Å². The highest BCUT2D eigenvalue weighted by atomic mass is 19.1. The molecule has 0 spiro atoms. The van der Waals surface area contributed by atoms with Gasteiger partial charge >= 0.3 is 5.97 Å². The monoisotopic (exact) mass is 263 g/mol. The fourth-order valence-corrected chi connectivity index (χ4v) is 3.26. The molecule has 102 valence electrons. The lowest BCUT2D eigenvalue weighted by Crippen LogP contribution is -2.43. The molecule has 3 nitrogen and oxygen atoms in total. The third-order valence-electron chi connectivity index (χ3n) is 4.41. The first-order valence-electron chi connectivity index (χ1n) is 6.82. The standard InChI is InChI=1S/C15H18FNO2/c1-17-12-6-7-13(17)9-14(8-12)19-15(18)10-2-4-11(16)5-3-10/h2-5,12-14H,6-9H2,1H3/t12-,13-/m1/s1. The second kappa shape index (κ2) is 4.93. The summed E-state index contributed by atoms with van der Waals surface area (Å²) in [6, 6.07) is 6.61. The van der Waals surface area contributed by atoms with Crippen molar-refractivity contribution in [3.63, 3.8) is 0 Å². The van der Waals surface area contributed by atoms with Crippen LogP contribution in [0.4, 0.5) is 4.39 Å². The van der Waals surface area contributed by atoms with Crippen LogP contribution in [0.5, 0.6) is 0 Å². The van der Waals surface area contributed by atoms with E-state index in [9.17, 15) is 9.18 Å². The Balaban J connectivity index is 1.63. The largest absolute Gasteiger partial charge is 0.459 e. The molecule has 2 atom stereocenters. The molecule has 19 heavy (non-hydrogen) atoms. The van der Waals surface area contributed by atoms with Crippen molar-refractivity contribution in [2.75, 3.05) is 7.05 Å². The Labute approximate surface area is 112 Å². The van der Waals surface area contributed by atoms with Gasteiger partial charge in [0.2, 0.25) is 0 Å². The Morgan fingerprint density at radius 2 is 1.79 bits per heavy atom. The molecule has 2 aliphatic heterocycles. The molecule has 0 radical (unpaired) electrons. The summed E-state index contributed by atoms with van der Waals surface area (Å²) in [6.07, 6.45) is 4.24. The molecule has 2 bridgehead atoms. The third kappa shape index (κ3) is 2.50. The summed E-state index contributed by atoms with van der Waals surface area (Å²) < 4.78 is 18.4. The van der Waals surface area contributed by atoms with Crippen molar-refractivity contribution in [1.82, 2.24) is 4.90 Å². The predicted molar refractivity (Wildman–Crippen MR) is 69.4 cm³/mol. The molecule has 0 amide bonds. The third-order valence-corrected chi connectivity index (χ3v) is 4.41. The molecule has 4 heteroatoms. The fraction of sp³-hybridized carbons (Fsp3) is 0.533. The summed E-state index contributed by atoms with van der Waals surface area (Å²) in [4.78, 5) is 14.4. The van der Waals surface area contributed by atoms with Crippen molar-refractivity contribution in [2.45, 2.75) is 43.9 Å². The van der Waals surface area contributed by atoms with Crippen LogP contribution in [0, 0.1) is 5.82 Å². The Bertz CT molecular complexity index is 460. The highest BCUT2D eigenvalue weighted by Gasteiger charge is 2.39. The zero-order valence-corrected chi connectivity index (χ0v) is 11.0. The lowest BCUT2D eigenvalue weighted by atomic mass is 10.0. The van der Waals surface area contributed by atoms with Gasteiger partial charge in [-0.15, -0.1) is 0 Å². The number of rotatable bonds is 2. The van der Waals surface area contributed by atoms with Crippen molar-refractivity contribution < 1.29 is 13.9 Å². The van der Waals surface area contributed by atoms with Crippen molar-refractivity contribution >= 4 is 5.97 Å². The first kappa shape index (κ1) is 12.6. The second-order valence-electron chi connectivity index (χ2n) is 5.56. The Kier molecular flexibility index (Phi) is 3.27. The normalized spacial score (nSPS) is 30.3. The minimum absolute atomic E-state index is 0.00579. The predicted octanol–water partition coefficient (Wildman–Crippen LogP) is 2.61. The quantitative estimate of drug-likeness (QED) is 0.768. The average molecular weight is 263 g/mol. The van der Waals surface area contributed by atoms with Gasteiger partial charge in [0.25, 0.3) is 0 Å². The van der Waals surface area contributed by atoms with Crippen molar-refractivity contribution in [2.24, 2.45) is 0 Å². The number of piperidine rings is 1. The van der Waals surface area contributed by atoms with Crippen LogP contribution in [-0.2, 0) is 4.74 Å². The van der Waals surface area contributed by atoms with E-state index < -0.39 is 0 Å². The second-order valence-corrected chi connectivity index (χ2v) is 5.56. The van der Waals surface area contributed by atoms with Crippen LogP contribution in [0.25, 0.3) is 0 Å². The summed E-state index contributed by atoms with van der Waals surface area (Å²) in [5.74, 6) is -0.678. The highest BCUT2D eigenvalue weighted by molar-refractivity contribution is 5.89. The molecule has 0 aliphatic carbocycles. The summed E-state index contributed by atoms with van der Waals surface area (Å²) in [5, 5.41) is 0. The van der Waals surface area contributed by atoms with E-state index in [1.165, 1.54) is 37.1 Å². The van der Waals surface area contributed by atoms with Gasteiger partial charge in [0.15, 0.2) is 0 Å². The Morgan fingerprint density at radius 3 is 2.37 bits per heavy atom. The number of hydrogen-bond acceptors (Lipinski definition) is 3. The van der Waals surface area contributed by atoms with E-state index in [1.807, 2.05) is 0 Å². The maximum Gasteiger partial charge on any atom is 0.338 e. The molecule has 1 aromatic rings. The van der Waals surface area contributed by atoms with E-state index in [0.29, 0.717) is 17.6 Å². The maximum absolute atomic E-state index is 12.8. The molecule has 2 heterocycles. The molecule has 0 unspecified atom stereocenters. The van der Waals surface area contributed by atoms with E-state index in [2.05, 4.69) is 11.9 Å². The van der Waals surface area contributed by atoms with Crippen LogP contribution < -0.4 is 0 Å². The van der Waals surface area contributed by atoms with E-state index in [-0.39, 0.29) is 17.9 Å². The average Bonchev–Trinajstić information content (AvgIpc) is 2.63. The van der Waals surface area contributed by atoms with E-state index in [4.69, 9.17) is 4.74 Å². The SMILES string of the molecule is CN1[C@@H]2CC[C@@H]1CC(OC(=O)c1ccc(F)cc1)C2. The zero-order valence-electron chi connectivity index (χ0n) is 11.0. The topological polar surface area (TPSA) is 29.5 Å². The number of nitrogens with zero attached hydrogens (tertiary/aromatic N) is 1. The molecule has 3 rings (SSSR count). The van der Waals surface area contributed by atoms with E-state index in [1.54, 1.807) is 0 Å². The van der Waals surface area contributed by atoms with Gasteiger partial charge in [0.1, 0.15) is 11.9 Å². The molecule has 1 aromatic carbocycles. The number of carbonyl (C=O) groups is 1. The number of carbonyl (C=O) groups excluding carboxylic acids is 1. The lowest BCUT2D eigenvalue weighted by molar-refractivity contribution is -0.000451. The molecule has 0 saturated carbocycles. The summed E-state index contributed by atoms with van der Waals surface area (Å²) >= 11 is 0. The van der Waals surface area contributed by atoms with Gasteiger partial charge in [-0.1, -0.05) is 0 Å². The molecular formula is C15H18FNO2. The summed E-state index contributed by atoms with van der Waals surface area (Å²) in [6.45, 7) is 0. The van der Waals surface area contributed by atoms with Gasteiger partial charge in [-0.25, -0.2) is 9.18 Å². The van der Waals surface area contributed by atoms with Gasteiger partial charge in [-0.05, 0) is 44.2 Å². The van der Waals surface area contributed by atoms with Crippen LogP contribution in [0.2, 0.25) is 0 Å². The lowest BCUT2D eigenvalue weighted by Gasteiger charge is -2.35. The van der Waals surface area contributed by atoms with E-state index >= 15 is 0 Å². The number of hydrogen-bond donors (Lipinski definition) is 0. The fourth-order valence-electron chi connectivity index (χ4n) is 3.26. The van der Waals surface area contributed by atoms with E-state index in [0.717, 1.165) is 12.8 Å². The Hall–Kier alpha value is -1.42. The zero-order chi connectivity index (χ0) is 13.4. The van der Waals surface area contributed by atoms with Gasteiger partial charge in [-0.2, -0.15) is 0 Å². The Morgan fingerprint density at radius 1 is 1.21 bits per heavy atom. The number of benzene rings is 1. The summed E-state index contributed by atoms with van der Waals surface area (Å²) in [7, 11) is 2.15. The first-order chi connectivity index (χ1) is 9.13. The summed E-state index contributed by atoms with van der Waals surface area (Å²) in [5.41, 5.74) is 0.424. The molecule has 0 aromatic heterocycles. The highest BCUT2D eigenvalue weighted by Crippen LogP contribution is 2.35. The van der Waals surface area contributed by atoms with Crippen LogP contribution in [-0.4, -0.2) is 36.1 Å². The molecular weight excluding hydrogens is 245 g/mol. The van der Waals surface area contributed by atoms with Crippen LogP contribution in [0.15, 0.2) is 24.3 Å². The van der Waals surface area contributed by atoms with Crippen molar-refractivity contribution in [3.8, 4) is 0 Å². The van der Waals surface area contributed by atoms with Gasteiger partial charge in [0.05, 0.1) is 5.56 Å². The van der Waals surface area contributed by atoms with Crippen molar-refractivity contribution in [3.05, 3.63) is 35.6 Å². The maximum atomic E-state index is 12.8. The van der Waals surface area contributed by atoms with Gasteiger partial charge < -0.3 is 9.64 Å². The number of fused-ring (bicyclic) bond motifs is 2. The molecule has 2 saturated heterocycles. The van der Waals surface area contributed by atoms with Gasteiger partial charge in [0, 0.05) is 24.9 Å². The minimum atomic E-state index is -0.339. The van der Waals surface area contributed by atoms with Gasteiger partial charge in [-0.3, -0.25) is 0 Å². The smallest absolute Gasteiger partial charge is 0.338 e. The van der Waals surface area contributed by atoms with Crippen LogP contribution in [0.1, 0.15) is 36.0 Å². The number of halogens is 1. The van der Waals surface area contributed by atoms with Crippen molar-refractivity contribution in [1.29, 1.82) is 0 Å².